The number of ether oxygens (including phenoxy) is 1. The Bertz CT molecular complexity index is 122. The highest BCUT2D eigenvalue weighted by Gasteiger charge is 2.18. The van der Waals surface area contributed by atoms with E-state index in [9.17, 15) is 13.2 Å². The molecule has 0 radical (unpaired) electrons. The lowest BCUT2D eigenvalue weighted by Crippen LogP contribution is -2.12. The Labute approximate surface area is 56.8 Å². The lowest BCUT2D eigenvalue weighted by molar-refractivity contribution is -0.0916. The van der Waals surface area contributed by atoms with Crippen molar-refractivity contribution >= 4 is 0 Å². The van der Waals surface area contributed by atoms with Crippen molar-refractivity contribution in [2.75, 3.05) is 0 Å². The van der Waals surface area contributed by atoms with E-state index < -0.39 is 12.8 Å². The first-order valence-corrected chi connectivity index (χ1v) is 2.53. The fourth-order valence-corrected chi connectivity index (χ4v) is 0.235. The zero-order valence-electron chi connectivity index (χ0n) is 5.14. The smallest absolute Gasteiger partial charge is 0.304 e. The summed E-state index contributed by atoms with van der Waals surface area (Å²) in [7, 11) is 0. The van der Waals surface area contributed by atoms with Crippen molar-refractivity contribution in [1.29, 1.82) is 0 Å². The summed E-state index contributed by atoms with van der Waals surface area (Å²) in [6.45, 7) is 3.23. The van der Waals surface area contributed by atoms with Crippen molar-refractivity contribution in [3.63, 3.8) is 0 Å². The molecule has 1 atom stereocenters. The van der Waals surface area contributed by atoms with E-state index in [4.69, 9.17) is 0 Å². The molecule has 1 nitrogen and oxygen atoms in total. The van der Waals surface area contributed by atoms with E-state index in [-0.39, 0.29) is 0 Å². The van der Waals surface area contributed by atoms with Crippen LogP contribution in [0.1, 0.15) is 0 Å². The van der Waals surface area contributed by atoms with Gasteiger partial charge in [0.25, 0.3) is 6.36 Å². The first-order valence-electron chi connectivity index (χ1n) is 2.53. The molecule has 0 aliphatic heterocycles. The van der Waals surface area contributed by atoms with Gasteiger partial charge in [0.05, 0.1) is 6.26 Å². The highest BCUT2D eigenvalue weighted by molar-refractivity contribution is 4.92. The van der Waals surface area contributed by atoms with E-state index in [1.807, 2.05) is 0 Å². The summed E-state index contributed by atoms with van der Waals surface area (Å²) in [5.41, 5.74) is 0. The Kier molecular flexibility index (Phi) is 4.45. The van der Waals surface area contributed by atoms with Gasteiger partial charge in [-0.25, -0.2) is 8.78 Å². The fourth-order valence-electron chi connectivity index (χ4n) is 0.235. The van der Waals surface area contributed by atoms with Crippen molar-refractivity contribution in [3.05, 3.63) is 25.0 Å². The molecule has 0 aromatic rings. The third-order valence-electron chi connectivity index (χ3n) is 0.621. The van der Waals surface area contributed by atoms with E-state index >= 15 is 0 Å². The Hall–Kier alpha value is -0.930. The van der Waals surface area contributed by atoms with Gasteiger partial charge in [-0.2, -0.15) is 4.39 Å². The van der Waals surface area contributed by atoms with Crippen LogP contribution >= 0.6 is 0 Å². The predicted octanol–water partition coefficient (Wildman–Crippen LogP) is 2.26. The van der Waals surface area contributed by atoms with Crippen molar-refractivity contribution in [1.82, 2.24) is 0 Å². The van der Waals surface area contributed by atoms with E-state index in [1.54, 1.807) is 0 Å². The topological polar surface area (TPSA) is 9.23 Å². The molecule has 0 heterocycles. The lowest BCUT2D eigenvalue weighted by Gasteiger charge is -2.04. The third-order valence-corrected chi connectivity index (χ3v) is 0.621. The van der Waals surface area contributed by atoms with E-state index in [0.29, 0.717) is 0 Å². The molecule has 0 rings (SSSR count). The molecule has 0 N–H and O–H groups in total. The van der Waals surface area contributed by atoms with Crippen molar-refractivity contribution < 1.29 is 17.9 Å². The van der Waals surface area contributed by atoms with Gasteiger partial charge in [-0.05, 0) is 6.08 Å². The lowest BCUT2D eigenvalue weighted by atomic mass is 10.6. The number of hydrogen-bond donors (Lipinski definition) is 0. The maximum absolute atomic E-state index is 11.8. The summed E-state index contributed by atoms with van der Waals surface area (Å²) >= 11 is 0. The van der Waals surface area contributed by atoms with E-state index in [2.05, 4.69) is 11.3 Å². The minimum absolute atomic E-state index is 0.823. The Morgan fingerprint density at radius 3 is 2.30 bits per heavy atom. The molecule has 0 aliphatic rings. The molecule has 0 aromatic carbocycles. The molecule has 0 aliphatic carbocycles. The maximum Gasteiger partial charge on any atom is 0.304 e. The van der Waals surface area contributed by atoms with Crippen molar-refractivity contribution in [3.8, 4) is 0 Å². The Balaban J connectivity index is 3.48. The zero-order chi connectivity index (χ0) is 7.98. The Morgan fingerprint density at radius 1 is 1.30 bits per heavy atom. The molecule has 0 bridgehead atoms. The summed E-state index contributed by atoms with van der Waals surface area (Å²) in [6.07, 6.45) is -2.32. The molecule has 0 amide bonds. The molecular formula is C6H7F3O. The van der Waals surface area contributed by atoms with Gasteiger partial charge < -0.3 is 4.74 Å². The van der Waals surface area contributed by atoms with Crippen molar-refractivity contribution in [2.24, 2.45) is 0 Å². The summed E-state index contributed by atoms with van der Waals surface area (Å²) in [5, 5.41) is 0. The highest BCUT2D eigenvalue weighted by Crippen LogP contribution is 2.06. The largest absolute Gasteiger partial charge is 0.462 e. The van der Waals surface area contributed by atoms with E-state index in [1.165, 1.54) is 12.2 Å². The zero-order valence-corrected chi connectivity index (χ0v) is 5.14. The molecule has 1 unspecified atom stereocenters. The first kappa shape index (κ1) is 9.07. The van der Waals surface area contributed by atoms with Gasteiger partial charge in [-0.3, -0.25) is 0 Å². The van der Waals surface area contributed by atoms with Gasteiger partial charge in [0.1, 0.15) is 0 Å². The van der Waals surface area contributed by atoms with Crippen molar-refractivity contribution in [2.45, 2.75) is 12.8 Å². The molecule has 0 fully saturated rings. The second-order valence-electron chi connectivity index (χ2n) is 1.39. The number of hydrogen-bond acceptors (Lipinski definition) is 1. The number of allylic oxidation sites excluding steroid dienone is 2. The van der Waals surface area contributed by atoms with Crippen LogP contribution in [0.5, 0.6) is 0 Å². The number of alkyl halides is 3. The van der Waals surface area contributed by atoms with Crippen LogP contribution in [-0.2, 0) is 4.74 Å². The molecule has 0 saturated heterocycles. The third kappa shape index (κ3) is 4.00. The van der Waals surface area contributed by atoms with Crippen LogP contribution in [-0.4, -0.2) is 12.8 Å². The summed E-state index contributed by atoms with van der Waals surface area (Å²) < 4.78 is 38.3. The SMILES string of the molecule is C=CC=COC(F)C(F)F. The van der Waals surface area contributed by atoms with Crippen LogP contribution in [0.4, 0.5) is 13.2 Å². The van der Waals surface area contributed by atoms with Crippen LogP contribution in [0.2, 0.25) is 0 Å². The average Bonchev–Trinajstić information content (AvgIpc) is 1.88. The van der Waals surface area contributed by atoms with Gasteiger partial charge in [0.2, 0.25) is 0 Å². The van der Waals surface area contributed by atoms with Gasteiger partial charge in [-0.1, -0.05) is 12.7 Å². The number of halogens is 3. The fraction of sp³-hybridized carbons (Fsp3) is 0.333. The standard InChI is InChI=1S/C6H7F3O/c1-2-3-4-10-6(9)5(7)8/h2-6H,1H2. The molecule has 58 valence electrons. The van der Waals surface area contributed by atoms with Gasteiger partial charge >= 0.3 is 6.43 Å². The second kappa shape index (κ2) is 4.90. The van der Waals surface area contributed by atoms with Gasteiger partial charge in [0, 0.05) is 0 Å². The van der Waals surface area contributed by atoms with Gasteiger partial charge in [0.15, 0.2) is 0 Å². The summed E-state index contributed by atoms with van der Waals surface area (Å²) in [6, 6.07) is 0. The second-order valence-corrected chi connectivity index (χ2v) is 1.39. The summed E-state index contributed by atoms with van der Waals surface area (Å²) in [4.78, 5) is 0. The minimum Gasteiger partial charge on any atom is -0.462 e. The van der Waals surface area contributed by atoms with Crippen LogP contribution < -0.4 is 0 Å². The molecular weight excluding hydrogens is 145 g/mol. The monoisotopic (exact) mass is 152 g/mol. The molecule has 0 saturated carbocycles. The molecule has 0 spiro atoms. The summed E-state index contributed by atoms with van der Waals surface area (Å²) in [5.74, 6) is 0. The van der Waals surface area contributed by atoms with Crippen LogP contribution in [0.3, 0.4) is 0 Å². The highest BCUT2D eigenvalue weighted by atomic mass is 19.3. The first-order chi connectivity index (χ1) is 4.68. The van der Waals surface area contributed by atoms with Crippen LogP contribution in [0.25, 0.3) is 0 Å². The maximum atomic E-state index is 11.8. The number of rotatable bonds is 4. The quantitative estimate of drug-likeness (QED) is 0.443. The molecule has 0 aromatic heterocycles. The normalized spacial score (nSPS) is 14.0. The Morgan fingerprint density at radius 2 is 1.90 bits per heavy atom. The van der Waals surface area contributed by atoms with Crippen LogP contribution in [0, 0.1) is 0 Å². The minimum atomic E-state index is -3.10. The predicted molar refractivity (Wildman–Crippen MR) is 31.3 cm³/mol. The van der Waals surface area contributed by atoms with Gasteiger partial charge in [-0.15, -0.1) is 0 Å². The average molecular weight is 152 g/mol. The molecule has 4 heteroatoms. The molecule has 10 heavy (non-hydrogen) atoms. The van der Waals surface area contributed by atoms with Crippen LogP contribution in [0.15, 0.2) is 25.0 Å². The van der Waals surface area contributed by atoms with E-state index in [0.717, 1.165) is 6.26 Å².